The lowest BCUT2D eigenvalue weighted by Crippen LogP contribution is -2.32. The second-order valence-corrected chi connectivity index (χ2v) is 8.19. The van der Waals surface area contributed by atoms with Gasteiger partial charge in [-0.25, -0.2) is 0 Å². The van der Waals surface area contributed by atoms with Crippen molar-refractivity contribution in [2.75, 3.05) is 0 Å². The van der Waals surface area contributed by atoms with Crippen molar-refractivity contribution in [3.8, 4) is 0 Å². The molecular weight excluding hydrogens is 304 g/mol. The van der Waals surface area contributed by atoms with Gasteiger partial charge < -0.3 is 9.47 Å². The van der Waals surface area contributed by atoms with Crippen molar-refractivity contribution >= 4 is 11.9 Å². The molecule has 0 spiro atoms. The first-order valence-electron chi connectivity index (χ1n) is 9.29. The minimum atomic E-state index is -0.244. The lowest BCUT2D eigenvalue weighted by Gasteiger charge is -2.32. The summed E-state index contributed by atoms with van der Waals surface area (Å²) >= 11 is 0. The summed E-state index contributed by atoms with van der Waals surface area (Å²) in [5.74, 6) is 0.768. The van der Waals surface area contributed by atoms with Crippen LogP contribution in [0.4, 0.5) is 0 Å². The van der Waals surface area contributed by atoms with Crippen LogP contribution in [0.1, 0.15) is 66.7 Å². The van der Waals surface area contributed by atoms with E-state index in [1.165, 1.54) is 6.92 Å². The van der Waals surface area contributed by atoms with E-state index in [2.05, 4.69) is 39.8 Å². The van der Waals surface area contributed by atoms with E-state index in [4.69, 9.17) is 9.47 Å². The van der Waals surface area contributed by atoms with E-state index in [-0.39, 0.29) is 35.5 Å². The number of esters is 2. The van der Waals surface area contributed by atoms with Crippen molar-refractivity contribution < 1.29 is 19.1 Å². The van der Waals surface area contributed by atoms with Gasteiger partial charge in [0.25, 0.3) is 0 Å². The van der Waals surface area contributed by atoms with E-state index in [9.17, 15) is 9.59 Å². The third kappa shape index (κ3) is 4.40. The van der Waals surface area contributed by atoms with E-state index < -0.39 is 0 Å². The van der Waals surface area contributed by atoms with Crippen molar-refractivity contribution in [2.24, 2.45) is 23.2 Å². The van der Waals surface area contributed by atoms with Crippen LogP contribution in [0.5, 0.6) is 0 Å². The number of rotatable bonds is 7. The molecule has 0 radical (unpaired) electrons. The lowest BCUT2D eigenvalue weighted by atomic mass is 9.80. The standard InChI is InChI=1S/C20H32O4/c1-6-7-10-20(4,5)18(23-14(3)21)9-8-15-13(2)11-17-16(15)12-19(22)24-17/h8-9,13,15-18H,6-7,10-12H2,1-5H3/b9-8+/t13-,15+,16-,17+,18-/m1/s1. The first kappa shape index (κ1) is 19.0. The molecule has 1 saturated heterocycles. The third-order valence-electron chi connectivity index (χ3n) is 5.66. The van der Waals surface area contributed by atoms with Crippen molar-refractivity contribution in [2.45, 2.75) is 78.9 Å². The maximum atomic E-state index is 11.6. The Morgan fingerprint density at radius 1 is 1.46 bits per heavy atom. The molecule has 5 atom stereocenters. The van der Waals surface area contributed by atoms with Gasteiger partial charge in [0.15, 0.2) is 0 Å². The largest absolute Gasteiger partial charge is 0.462 e. The number of carbonyl (C=O) groups is 2. The fourth-order valence-corrected chi connectivity index (χ4v) is 4.15. The van der Waals surface area contributed by atoms with Gasteiger partial charge in [0.05, 0.1) is 6.42 Å². The molecule has 2 rings (SSSR count). The Morgan fingerprint density at radius 2 is 2.17 bits per heavy atom. The summed E-state index contributed by atoms with van der Waals surface area (Å²) in [6.07, 6.45) is 8.79. The Kier molecular flexibility index (Phi) is 6.11. The monoisotopic (exact) mass is 336 g/mol. The number of fused-ring (bicyclic) bond motifs is 1. The highest BCUT2D eigenvalue weighted by Gasteiger charge is 2.47. The maximum absolute atomic E-state index is 11.6. The summed E-state index contributed by atoms with van der Waals surface area (Å²) < 4.78 is 11.0. The predicted octanol–water partition coefficient (Wildman–Crippen LogP) is 4.28. The molecule has 1 aliphatic carbocycles. The summed E-state index contributed by atoms with van der Waals surface area (Å²) in [5.41, 5.74) is -0.0958. The Morgan fingerprint density at radius 3 is 2.79 bits per heavy atom. The summed E-state index contributed by atoms with van der Waals surface area (Å²) in [6, 6.07) is 0. The van der Waals surface area contributed by atoms with Crippen LogP contribution in [-0.2, 0) is 19.1 Å². The number of allylic oxidation sites excluding steroid dienone is 1. The number of ether oxygens (including phenoxy) is 2. The van der Waals surface area contributed by atoms with E-state index in [0.29, 0.717) is 18.3 Å². The first-order chi connectivity index (χ1) is 11.2. The molecule has 4 heteroatoms. The summed E-state index contributed by atoms with van der Waals surface area (Å²) in [7, 11) is 0. The third-order valence-corrected chi connectivity index (χ3v) is 5.66. The van der Waals surface area contributed by atoms with Gasteiger partial charge >= 0.3 is 11.9 Å². The minimum absolute atomic E-state index is 0.0717. The van der Waals surface area contributed by atoms with E-state index in [1.807, 2.05) is 0 Å². The average molecular weight is 336 g/mol. The van der Waals surface area contributed by atoms with Gasteiger partial charge in [-0.1, -0.05) is 46.6 Å². The molecule has 0 N–H and O–H groups in total. The van der Waals surface area contributed by atoms with Crippen LogP contribution in [0, 0.1) is 23.2 Å². The van der Waals surface area contributed by atoms with E-state index in [0.717, 1.165) is 25.7 Å². The molecule has 2 aliphatic rings. The smallest absolute Gasteiger partial charge is 0.306 e. The molecule has 24 heavy (non-hydrogen) atoms. The molecule has 1 heterocycles. The molecule has 1 saturated carbocycles. The fraction of sp³-hybridized carbons (Fsp3) is 0.800. The molecule has 4 nitrogen and oxygen atoms in total. The molecule has 0 aromatic carbocycles. The summed E-state index contributed by atoms with van der Waals surface area (Å²) in [4.78, 5) is 23.1. The number of unbranched alkanes of at least 4 members (excludes halogenated alkanes) is 1. The van der Waals surface area contributed by atoms with Gasteiger partial charge in [-0.05, 0) is 30.8 Å². The highest BCUT2D eigenvalue weighted by molar-refractivity contribution is 5.72. The topological polar surface area (TPSA) is 52.6 Å². The Balaban J connectivity index is 2.11. The predicted molar refractivity (Wildman–Crippen MR) is 93.3 cm³/mol. The van der Waals surface area contributed by atoms with Crippen molar-refractivity contribution in [1.82, 2.24) is 0 Å². The van der Waals surface area contributed by atoms with Crippen LogP contribution in [-0.4, -0.2) is 24.1 Å². The molecule has 0 aromatic rings. The fourth-order valence-electron chi connectivity index (χ4n) is 4.15. The number of hydrogen-bond acceptors (Lipinski definition) is 4. The van der Waals surface area contributed by atoms with E-state index >= 15 is 0 Å². The van der Waals surface area contributed by atoms with Crippen LogP contribution < -0.4 is 0 Å². The molecule has 0 aromatic heterocycles. The highest BCUT2D eigenvalue weighted by Crippen LogP contribution is 2.45. The lowest BCUT2D eigenvalue weighted by molar-refractivity contribution is -0.149. The normalized spacial score (nSPS) is 31.1. The quantitative estimate of drug-likeness (QED) is 0.514. The van der Waals surface area contributed by atoms with Crippen LogP contribution >= 0.6 is 0 Å². The molecule has 2 fully saturated rings. The van der Waals surface area contributed by atoms with Gasteiger partial charge in [0.1, 0.15) is 12.2 Å². The van der Waals surface area contributed by atoms with Crippen LogP contribution in [0.2, 0.25) is 0 Å². The summed E-state index contributed by atoms with van der Waals surface area (Å²) in [5, 5.41) is 0. The van der Waals surface area contributed by atoms with Crippen LogP contribution in [0.25, 0.3) is 0 Å². The van der Waals surface area contributed by atoms with Gasteiger partial charge in [-0.2, -0.15) is 0 Å². The molecule has 0 unspecified atom stereocenters. The Bertz CT molecular complexity index is 494. The van der Waals surface area contributed by atoms with Gasteiger partial charge in [-0.15, -0.1) is 0 Å². The second-order valence-electron chi connectivity index (χ2n) is 8.19. The van der Waals surface area contributed by atoms with Crippen LogP contribution in [0.15, 0.2) is 12.2 Å². The molecule has 0 amide bonds. The molecular formula is C20H32O4. The number of hydrogen-bond donors (Lipinski definition) is 0. The molecule has 136 valence electrons. The Hall–Kier alpha value is -1.32. The molecule has 1 aliphatic heterocycles. The summed E-state index contributed by atoms with van der Waals surface area (Å²) in [6.45, 7) is 10.2. The number of carbonyl (C=O) groups excluding carboxylic acids is 2. The average Bonchev–Trinajstić information content (AvgIpc) is 2.96. The van der Waals surface area contributed by atoms with Crippen molar-refractivity contribution in [1.29, 1.82) is 0 Å². The maximum Gasteiger partial charge on any atom is 0.306 e. The molecule has 0 bridgehead atoms. The second kappa shape index (κ2) is 7.71. The Labute approximate surface area is 146 Å². The SMILES string of the molecule is CCCCC(C)(C)[C@@H](/C=C/[C@@H]1[C@H]2CC(=O)O[C@H]2C[C@H]1C)OC(C)=O. The van der Waals surface area contributed by atoms with Gasteiger partial charge in [0.2, 0.25) is 0 Å². The van der Waals surface area contributed by atoms with Gasteiger partial charge in [-0.3, -0.25) is 9.59 Å². The zero-order chi connectivity index (χ0) is 17.9. The first-order valence-corrected chi connectivity index (χ1v) is 9.29. The zero-order valence-corrected chi connectivity index (χ0v) is 15.7. The zero-order valence-electron chi connectivity index (χ0n) is 15.7. The van der Waals surface area contributed by atoms with Gasteiger partial charge in [0, 0.05) is 18.3 Å². The van der Waals surface area contributed by atoms with Crippen LogP contribution in [0.3, 0.4) is 0 Å². The van der Waals surface area contributed by atoms with Crippen molar-refractivity contribution in [3.05, 3.63) is 12.2 Å². The highest BCUT2D eigenvalue weighted by atomic mass is 16.6. The minimum Gasteiger partial charge on any atom is -0.462 e. The van der Waals surface area contributed by atoms with Crippen molar-refractivity contribution in [3.63, 3.8) is 0 Å². The van der Waals surface area contributed by atoms with E-state index in [1.54, 1.807) is 0 Å².